The molecule has 1 saturated heterocycles. The Labute approximate surface area is 67.2 Å². The summed E-state index contributed by atoms with van der Waals surface area (Å²) in [6, 6.07) is 5.44. The minimum Gasteiger partial charge on any atom is -0.437 e. The maximum atomic E-state index is 11.4. The van der Waals surface area contributed by atoms with Crippen molar-refractivity contribution in [1.82, 2.24) is 5.06 Å². The predicted molar refractivity (Wildman–Crippen MR) is 36.0 cm³/mol. The molecule has 12 heavy (non-hydrogen) atoms. The Morgan fingerprint density at radius 2 is 2.33 bits per heavy atom. The van der Waals surface area contributed by atoms with Crippen molar-refractivity contribution < 1.29 is 14.4 Å². The lowest BCUT2D eigenvalue weighted by molar-refractivity contribution is 0.0114. The van der Waals surface area contributed by atoms with Crippen LogP contribution in [0.4, 0.5) is 0 Å². The highest BCUT2D eigenvalue weighted by molar-refractivity contribution is 6.02. The summed E-state index contributed by atoms with van der Waals surface area (Å²) in [7, 11) is 0. The Kier molecular flexibility index (Phi) is 0.485. The maximum absolute atomic E-state index is 11.4. The average Bonchev–Trinajstić information content (AvgIpc) is 2.74. The zero-order valence-electron chi connectivity index (χ0n) is 5.90. The Balaban J connectivity index is 2.19. The van der Waals surface area contributed by atoms with Crippen LogP contribution in [0.2, 0.25) is 0 Å². The van der Waals surface area contributed by atoms with Crippen molar-refractivity contribution in [3.63, 3.8) is 0 Å². The van der Waals surface area contributed by atoms with E-state index in [-0.39, 0.29) is 5.91 Å². The molecule has 1 atom stereocenters. The van der Waals surface area contributed by atoms with Gasteiger partial charge in [-0.25, -0.2) is 0 Å². The van der Waals surface area contributed by atoms with Crippen molar-refractivity contribution in [3.8, 4) is 5.75 Å². The maximum Gasteiger partial charge on any atom is 0.375 e. The van der Waals surface area contributed by atoms with Gasteiger partial charge in [-0.1, -0.05) is 6.07 Å². The van der Waals surface area contributed by atoms with Crippen molar-refractivity contribution in [2.75, 3.05) is 0 Å². The first kappa shape index (κ1) is 5.16. The molecule has 1 unspecified atom stereocenters. The number of ether oxygens (including phenoxy) is 1. The molecular weight excluding hydrogens is 158 g/mol. The van der Waals surface area contributed by atoms with Crippen LogP contribution in [0.1, 0.15) is 15.9 Å². The number of nitrogens with zero attached hydrogens (tertiary/aromatic N) is 1. The topological polar surface area (TPSA) is 41.8 Å². The van der Waals surface area contributed by atoms with Crippen LogP contribution < -0.4 is 4.74 Å². The molecule has 1 aromatic rings. The standard InChI is InChI=1S/C8H3NO3/c10-7-4-2-1-3-5-6(4)8(11-5)9(7)12-8/h1-3H. The first-order valence-electron chi connectivity index (χ1n) is 3.69. The molecule has 3 aliphatic heterocycles. The molecular formula is C8H3NO3. The van der Waals surface area contributed by atoms with E-state index in [4.69, 9.17) is 9.57 Å². The zero-order chi connectivity index (χ0) is 7.92. The molecule has 1 spiro atoms. The first-order valence-corrected chi connectivity index (χ1v) is 3.69. The van der Waals surface area contributed by atoms with Crippen LogP contribution in [-0.4, -0.2) is 11.0 Å². The molecule has 0 radical (unpaired) electrons. The monoisotopic (exact) mass is 161 g/mol. The van der Waals surface area contributed by atoms with Crippen molar-refractivity contribution >= 4 is 5.91 Å². The summed E-state index contributed by atoms with van der Waals surface area (Å²) in [6.45, 7) is 0. The molecule has 1 amide bonds. The third-order valence-corrected chi connectivity index (χ3v) is 2.46. The highest BCUT2D eigenvalue weighted by atomic mass is 17.0. The number of amides is 1. The number of hydroxylamine groups is 2. The highest BCUT2D eigenvalue weighted by Crippen LogP contribution is 2.63. The van der Waals surface area contributed by atoms with E-state index in [1.54, 1.807) is 6.07 Å². The molecule has 0 aromatic heterocycles. The predicted octanol–water partition coefficient (Wildman–Crippen LogP) is 0.590. The third-order valence-electron chi connectivity index (χ3n) is 2.46. The van der Waals surface area contributed by atoms with E-state index in [1.165, 1.54) is 5.06 Å². The first-order chi connectivity index (χ1) is 5.83. The van der Waals surface area contributed by atoms with Crippen LogP contribution in [0, 0.1) is 0 Å². The fourth-order valence-electron chi connectivity index (χ4n) is 1.87. The quantitative estimate of drug-likeness (QED) is 0.523. The minimum absolute atomic E-state index is 0.0932. The van der Waals surface area contributed by atoms with Gasteiger partial charge in [0.1, 0.15) is 11.3 Å². The molecule has 3 aliphatic rings. The lowest BCUT2D eigenvalue weighted by Gasteiger charge is -2.23. The van der Waals surface area contributed by atoms with Crippen LogP contribution in [0.5, 0.6) is 5.75 Å². The third kappa shape index (κ3) is 0.287. The fourth-order valence-corrected chi connectivity index (χ4v) is 1.87. The smallest absolute Gasteiger partial charge is 0.375 e. The van der Waals surface area contributed by atoms with Gasteiger partial charge in [0.2, 0.25) is 0 Å². The number of hydrogen-bond acceptors (Lipinski definition) is 3. The fraction of sp³-hybridized carbons (Fsp3) is 0.125. The van der Waals surface area contributed by atoms with E-state index in [1.807, 2.05) is 12.1 Å². The van der Waals surface area contributed by atoms with E-state index < -0.39 is 5.91 Å². The second-order valence-electron chi connectivity index (χ2n) is 3.05. The molecule has 1 aromatic carbocycles. The summed E-state index contributed by atoms with van der Waals surface area (Å²) in [5.74, 6) is -0.117. The zero-order valence-corrected chi connectivity index (χ0v) is 5.90. The summed E-state index contributed by atoms with van der Waals surface area (Å²) in [5.41, 5.74) is 1.61. The van der Waals surface area contributed by atoms with Gasteiger partial charge in [-0.2, -0.15) is 4.84 Å². The van der Waals surface area contributed by atoms with Crippen molar-refractivity contribution in [2.24, 2.45) is 0 Å². The average molecular weight is 161 g/mol. The summed E-state index contributed by atoms with van der Waals surface area (Å²) >= 11 is 0. The van der Waals surface area contributed by atoms with Crippen LogP contribution in [0.3, 0.4) is 0 Å². The molecule has 0 aliphatic carbocycles. The minimum atomic E-state index is -0.789. The molecule has 4 rings (SSSR count). The molecule has 0 saturated carbocycles. The summed E-state index contributed by atoms with van der Waals surface area (Å²) < 4.78 is 5.30. The van der Waals surface area contributed by atoms with Gasteiger partial charge in [-0.15, -0.1) is 5.06 Å². The van der Waals surface area contributed by atoms with Crippen LogP contribution in [0.25, 0.3) is 0 Å². The van der Waals surface area contributed by atoms with Gasteiger partial charge in [-0.05, 0) is 12.1 Å². The molecule has 4 nitrogen and oxygen atoms in total. The Bertz CT molecular complexity index is 442. The van der Waals surface area contributed by atoms with Gasteiger partial charge in [0.05, 0.1) is 5.56 Å². The number of benzene rings is 1. The SMILES string of the molecule is O=C1c2cccc3c2C2(O3)ON12. The van der Waals surface area contributed by atoms with E-state index in [9.17, 15) is 4.79 Å². The molecule has 1 fully saturated rings. The van der Waals surface area contributed by atoms with Gasteiger partial charge >= 0.3 is 5.91 Å². The second kappa shape index (κ2) is 1.13. The van der Waals surface area contributed by atoms with Crippen molar-refractivity contribution in [1.29, 1.82) is 0 Å². The Hall–Kier alpha value is -1.55. The molecule has 3 heterocycles. The van der Waals surface area contributed by atoms with Crippen molar-refractivity contribution in [3.05, 3.63) is 29.3 Å². The molecule has 58 valence electrons. The summed E-state index contributed by atoms with van der Waals surface area (Å²) in [5, 5.41) is 1.27. The lowest BCUT2D eigenvalue weighted by atomic mass is 10.0. The number of rotatable bonds is 0. The summed E-state index contributed by atoms with van der Waals surface area (Å²) in [6.07, 6.45) is 0. The van der Waals surface area contributed by atoms with Crippen LogP contribution >= 0.6 is 0 Å². The molecule has 0 N–H and O–H groups in total. The highest BCUT2D eigenvalue weighted by Gasteiger charge is 2.76. The van der Waals surface area contributed by atoms with E-state index >= 15 is 0 Å². The van der Waals surface area contributed by atoms with Crippen LogP contribution in [0.15, 0.2) is 18.2 Å². The Morgan fingerprint density at radius 1 is 1.42 bits per heavy atom. The van der Waals surface area contributed by atoms with Gasteiger partial charge in [0, 0.05) is 0 Å². The number of carbonyl (C=O) groups is 1. The molecule has 0 bridgehead atoms. The van der Waals surface area contributed by atoms with E-state index in [0.717, 1.165) is 11.3 Å². The largest absolute Gasteiger partial charge is 0.437 e. The summed E-state index contributed by atoms with van der Waals surface area (Å²) in [4.78, 5) is 16.4. The second-order valence-corrected chi connectivity index (χ2v) is 3.05. The normalized spacial score (nSPS) is 32.0. The number of carbonyl (C=O) groups excluding carboxylic acids is 1. The Morgan fingerprint density at radius 3 is 3.17 bits per heavy atom. The van der Waals surface area contributed by atoms with E-state index in [0.29, 0.717) is 5.56 Å². The van der Waals surface area contributed by atoms with Crippen LogP contribution in [-0.2, 0) is 10.7 Å². The van der Waals surface area contributed by atoms with Gasteiger partial charge < -0.3 is 4.74 Å². The lowest BCUT2D eigenvalue weighted by Crippen LogP contribution is -2.29. The van der Waals surface area contributed by atoms with E-state index in [2.05, 4.69) is 0 Å². The van der Waals surface area contributed by atoms with Gasteiger partial charge in [0.25, 0.3) is 5.91 Å². The van der Waals surface area contributed by atoms with Gasteiger partial charge in [0.15, 0.2) is 0 Å². The van der Waals surface area contributed by atoms with Gasteiger partial charge in [-0.3, -0.25) is 4.79 Å². The van der Waals surface area contributed by atoms with Crippen molar-refractivity contribution in [2.45, 2.75) is 5.91 Å². The number of hydrogen-bond donors (Lipinski definition) is 0. The molecule has 4 heteroatoms.